The molecule has 0 bridgehead atoms. The topological polar surface area (TPSA) is 45.2 Å². The molecule has 0 aliphatic rings. The summed E-state index contributed by atoms with van der Waals surface area (Å²) in [5, 5.41) is 2.88. The highest BCUT2D eigenvalue weighted by atomic mass is 79.9. The lowest BCUT2D eigenvalue weighted by atomic mass is 10.2. The highest BCUT2D eigenvalue weighted by molar-refractivity contribution is 9.10. The van der Waals surface area contributed by atoms with Crippen molar-refractivity contribution in [1.29, 1.82) is 0 Å². The first-order chi connectivity index (χ1) is 9.78. The van der Waals surface area contributed by atoms with Crippen molar-refractivity contribution < 1.29 is 18.0 Å². The second-order valence-corrected chi connectivity index (χ2v) is 5.34. The van der Waals surface area contributed by atoms with Gasteiger partial charge in [-0.2, -0.15) is 13.2 Å². The third-order valence-corrected chi connectivity index (χ3v) is 3.01. The Kier molecular flexibility index (Phi) is 6.44. The standard InChI is InChI=1S/C13H17BrF3N3O/c1-3-5-20(8-13(15,16)17)12(21)10-6-9(14)7-19-11(10)18-4-2/h6-7H,3-5,8H2,1-2H3,(H,18,19). The highest BCUT2D eigenvalue weighted by Crippen LogP contribution is 2.23. The van der Waals surface area contributed by atoms with Gasteiger partial charge in [0.05, 0.1) is 5.56 Å². The van der Waals surface area contributed by atoms with Crippen LogP contribution in [-0.4, -0.2) is 41.6 Å². The summed E-state index contributed by atoms with van der Waals surface area (Å²) in [6, 6.07) is 1.48. The van der Waals surface area contributed by atoms with Gasteiger partial charge >= 0.3 is 6.18 Å². The van der Waals surface area contributed by atoms with Crippen LogP contribution >= 0.6 is 15.9 Å². The molecule has 0 saturated carbocycles. The minimum Gasteiger partial charge on any atom is -0.370 e. The minimum atomic E-state index is -4.43. The molecular formula is C13H17BrF3N3O. The first-order valence-electron chi connectivity index (χ1n) is 6.54. The van der Waals surface area contributed by atoms with E-state index in [0.717, 1.165) is 4.90 Å². The number of pyridine rings is 1. The lowest BCUT2D eigenvalue weighted by molar-refractivity contribution is -0.140. The Morgan fingerprint density at radius 2 is 2.10 bits per heavy atom. The Labute approximate surface area is 129 Å². The van der Waals surface area contributed by atoms with Crippen molar-refractivity contribution in [3.05, 3.63) is 22.3 Å². The van der Waals surface area contributed by atoms with Gasteiger partial charge in [0.2, 0.25) is 0 Å². The van der Waals surface area contributed by atoms with Crippen molar-refractivity contribution >= 4 is 27.7 Å². The van der Waals surface area contributed by atoms with E-state index in [4.69, 9.17) is 0 Å². The molecule has 0 aliphatic carbocycles. The van der Waals surface area contributed by atoms with Gasteiger partial charge in [0.1, 0.15) is 12.4 Å². The molecule has 0 fully saturated rings. The number of carbonyl (C=O) groups is 1. The van der Waals surface area contributed by atoms with Crippen LogP contribution in [0.4, 0.5) is 19.0 Å². The van der Waals surface area contributed by atoms with Crippen LogP contribution in [0.15, 0.2) is 16.7 Å². The number of hydrogen-bond acceptors (Lipinski definition) is 3. The zero-order valence-electron chi connectivity index (χ0n) is 11.8. The van der Waals surface area contributed by atoms with E-state index in [2.05, 4.69) is 26.2 Å². The van der Waals surface area contributed by atoms with Crippen LogP contribution in [-0.2, 0) is 0 Å². The maximum Gasteiger partial charge on any atom is 0.406 e. The second kappa shape index (κ2) is 7.63. The number of anilines is 1. The van der Waals surface area contributed by atoms with Gasteiger partial charge < -0.3 is 10.2 Å². The Balaban J connectivity index is 3.10. The second-order valence-electron chi connectivity index (χ2n) is 4.42. The molecule has 118 valence electrons. The zero-order valence-corrected chi connectivity index (χ0v) is 13.4. The van der Waals surface area contributed by atoms with E-state index >= 15 is 0 Å². The summed E-state index contributed by atoms with van der Waals surface area (Å²) in [7, 11) is 0. The van der Waals surface area contributed by atoms with Crippen molar-refractivity contribution in [1.82, 2.24) is 9.88 Å². The molecule has 1 amide bonds. The first kappa shape index (κ1) is 17.7. The molecule has 0 aromatic carbocycles. The molecule has 0 atom stereocenters. The lowest BCUT2D eigenvalue weighted by Crippen LogP contribution is -2.39. The first-order valence-corrected chi connectivity index (χ1v) is 7.33. The van der Waals surface area contributed by atoms with Gasteiger partial charge in [-0.1, -0.05) is 6.92 Å². The van der Waals surface area contributed by atoms with Crippen molar-refractivity contribution in [2.45, 2.75) is 26.4 Å². The largest absolute Gasteiger partial charge is 0.406 e. The summed E-state index contributed by atoms with van der Waals surface area (Å²) in [6.45, 7) is 2.83. The Bertz CT molecular complexity index is 494. The number of rotatable bonds is 6. The molecule has 0 radical (unpaired) electrons. The lowest BCUT2D eigenvalue weighted by Gasteiger charge is -2.24. The Hall–Kier alpha value is -1.31. The number of aromatic nitrogens is 1. The molecule has 0 saturated heterocycles. The molecule has 1 aromatic heterocycles. The van der Waals surface area contributed by atoms with E-state index in [0.29, 0.717) is 17.4 Å². The monoisotopic (exact) mass is 367 g/mol. The van der Waals surface area contributed by atoms with Crippen LogP contribution < -0.4 is 5.32 Å². The third kappa shape index (κ3) is 5.53. The van der Waals surface area contributed by atoms with Crippen LogP contribution in [0, 0.1) is 0 Å². The van der Waals surface area contributed by atoms with Gasteiger partial charge in [0, 0.05) is 23.8 Å². The van der Waals surface area contributed by atoms with Gasteiger partial charge in [-0.3, -0.25) is 4.79 Å². The van der Waals surface area contributed by atoms with Gasteiger partial charge in [0.15, 0.2) is 0 Å². The van der Waals surface area contributed by atoms with Crippen molar-refractivity contribution in [2.24, 2.45) is 0 Å². The predicted octanol–water partition coefficient (Wildman–Crippen LogP) is 3.69. The number of nitrogens with one attached hydrogen (secondary N) is 1. The fraction of sp³-hybridized carbons (Fsp3) is 0.538. The average molecular weight is 368 g/mol. The van der Waals surface area contributed by atoms with E-state index in [1.807, 2.05) is 6.92 Å². The normalized spacial score (nSPS) is 11.3. The van der Waals surface area contributed by atoms with Crippen LogP contribution in [0.1, 0.15) is 30.6 Å². The maximum absolute atomic E-state index is 12.6. The van der Waals surface area contributed by atoms with Crippen LogP contribution in [0.2, 0.25) is 0 Å². The highest BCUT2D eigenvalue weighted by Gasteiger charge is 2.33. The van der Waals surface area contributed by atoms with Crippen molar-refractivity contribution in [3.8, 4) is 0 Å². The zero-order chi connectivity index (χ0) is 16.0. The van der Waals surface area contributed by atoms with Gasteiger partial charge in [0.25, 0.3) is 5.91 Å². The molecule has 1 aromatic rings. The van der Waals surface area contributed by atoms with Crippen molar-refractivity contribution in [2.75, 3.05) is 25.0 Å². The smallest absolute Gasteiger partial charge is 0.370 e. The third-order valence-electron chi connectivity index (χ3n) is 2.58. The van der Waals surface area contributed by atoms with E-state index in [1.54, 1.807) is 6.92 Å². The molecular weight excluding hydrogens is 351 g/mol. The van der Waals surface area contributed by atoms with Gasteiger partial charge in [-0.05, 0) is 35.3 Å². The van der Waals surface area contributed by atoms with Crippen LogP contribution in [0.5, 0.6) is 0 Å². The summed E-state index contributed by atoms with van der Waals surface area (Å²) in [6.07, 6.45) is -2.49. The molecule has 21 heavy (non-hydrogen) atoms. The molecule has 8 heteroatoms. The molecule has 0 spiro atoms. The van der Waals surface area contributed by atoms with Crippen molar-refractivity contribution in [3.63, 3.8) is 0 Å². The number of alkyl halides is 3. The summed E-state index contributed by atoms with van der Waals surface area (Å²) in [4.78, 5) is 17.2. The fourth-order valence-electron chi connectivity index (χ4n) is 1.82. The molecule has 1 N–H and O–H groups in total. The van der Waals surface area contributed by atoms with Gasteiger partial charge in [-0.25, -0.2) is 4.98 Å². The van der Waals surface area contributed by atoms with Crippen LogP contribution in [0.25, 0.3) is 0 Å². The minimum absolute atomic E-state index is 0.0381. The number of nitrogens with zero attached hydrogens (tertiary/aromatic N) is 2. The Morgan fingerprint density at radius 1 is 1.43 bits per heavy atom. The molecule has 1 heterocycles. The van der Waals surface area contributed by atoms with Gasteiger partial charge in [-0.15, -0.1) is 0 Å². The van der Waals surface area contributed by atoms with Crippen LogP contribution in [0.3, 0.4) is 0 Å². The quantitative estimate of drug-likeness (QED) is 0.833. The number of carbonyl (C=O) groups excluding carboxylic acids is 1. The molecule has 4 nitrogen and oxygen atoms in total. The van der Waals surface area contributed by atoms with E-state index in [1.165, 1.54) is 12.3 Å². The number of hydrogen-bond donors (Lipinski definition) is 1. The molecule has 0 aliphatic heterocycles. The SMILES string of the molecule is CCCN(CC(F)(F)F)C(=O)c1cc(Br)cnc1NCC. The van der Waals surface area contributed by atoms with E-state index < -0.39 is 18.6 Å². The van der Waals surface area contributed by atoms with E-state index in [9.17, 15) is 18.0 Å². The van der Waals surface area contributed by atoms with E-state index in [-0.39, 0.29) is 17.9 Å². The number of amides is 1. The molecule has 0 unspecified atom stereocenters. The molecule has 1 rings (SSSR count). The fourth-order valence-corrected chi connectivity index (χ4v) is 2.15. The predicted molar refractivity (Wildman–Crippen MR) is 78.4 cm³/mol. The maximum atomic E-state index is 12.6. The Morgan fingerprint density at radius 3 is 2.62 bits per heavy atom. The summed E-state index contributed by atoms with van der Waals surface area (Å²) in [5.41, 5.74) is 0.129. The summed E-state index contributed by atoms with van der Waals surface area (Å²) >= 11 is 3.18. The summed E-state index contributed by atoms with van der Waals surface area (Å²) < 4.78 is 38.3. The summed E-state index contributed by atoms with van der Waals surface area (Å²) in [5.74, 6) is -0.395. The average Bonchev–Trinajstić information content (AvgIpc) is 2.38. The number of halogens is 4.